The summed E-state index contributed by atoms with van der Waals surface area (Å²) < 4.78 is 0. The van der Waals surface area contributed by atoms with Crippen LogP contribution in [0, 0.1) is 0 Å². The van der Waals surface area contributed by atoms with E-state index in [2.05, 4.69) is 88.7 Å². The van der Waals surface area contributed by atoms with Crippen LogP contribution in [-0.4, -0.2) is 0 Å². The predicted octanol–water partition coefficient (Wildman–Crippen LogP) is 4.84. The lowest BCUT2D eigenvalue weighted by Gasteiger charge is -2.19. The third-order valence-corrected chi connectivity index (χ3v) is 4.46. The molecule has 24 heavy (non-hydrogen) atoms. The molecule has 1 heterocycles. The second-order valence-electron chi connectivity index (χ2n) is 6.03. The molecule has 4 rings (SSSR count). The van der Waals surface area contributed by atoms with Crippen molar-refractivity contribution in [2.75, 3.05) is 16.0 Å². The summed E-state index contributed by atoms with van der Waals surface area (Å²) in [5, 5.41) is 10.7. The molecule has 0 aromatic heterocycles. The standard InChI is InChI=1S/C21H21N3/c1-4-10-19-16(7-1)13-22-20-11-5-2-9-18(20)15-24-21-12-6-3-8-17(21)14-23-19/h1-12,22-24H,13-15H2. The molecule has 1 aliphatic heterocycles. The largest absolute Gasteiger partial charge is 0.381 e. The van der Waals surface area contributed by atoms with Gasteiger partial charge in [0, 0.05) is 36.7 Å². The molecular weight excluding hydrogens is 294 g/mol. The Kier molecular flexibility index (Phi) is 4.07. The SMILES string of the molecule is c1ccc2c(c1)CNc1ccccc1CNc1ccccc1CN2. The number of hydrogen-bond acceptors (Lipinski definition) is 3. The fraction of sp³-hybridized carbons (Fsp3) is 0.143. The van der Waals surface area contributed by atoms with Gasteiger partial charge in [0.25, 0.3) is 0 Å². The maximum Gasteiger partial charge on any atom is 0.0421 e. The zero-order valence-corrected chi connectivity index (χ0v) is 13.5. The Morgan fingerprint density at radius 2 is 0.708 bits per heavy atom. The first-order valence-electron chi connectivity index (χ1n) is 8.35. The first kappa shape index (κ1) is 14.6. The summed E-state index contributed by atoms with van der Waals surface area (Å²) in [4.78, 5) is 0. The summed E-state index contributed by atoms with van der Waals surface area (Å²) in [6.07, 6.45) is 0. The van der Waals surface area contributed by atoms with Crippen molar-refractivity contribution < 1.29 is 0 Å². The van der Waals surface area contributed by atoms with Crippen LogP contribution in [0.15, 0.2) is 72.8 Å². The van der Waals surface area contributed by atoms with Crippen molar-refractivity contribution in [3.05, 3.63) is 89.5 Å². The van der Waals surface area contributed by atoms with Crippen LogP contribution in [0.2, 0.25) is 0 Å². The van der Waals surface area contributed by atoms with Crippen LogP contribution in [0.25, 0.3) is 0 Å². The Morgan fingerprint density at radius 3 is 1.04 bits per heavy atom. The second-order valence-corrected chi connectivity index (χ2v) is 6.03. The summed E-state index contributed by atoms with van der Waals surface area (Å²) in [6.45, 7) is 2.42. The predicted molar refractivity (Wildman–Crippen MR) is 101 cm³/mol. The minimum Gasteiger partial charge on any atom is -0.381 e. The Labute approximate surface area is 142 Å². The number of hydrogen-bond donors (Lipinski definition) is 3. The van der Waals surface area contributed by atoms with Gasteiger partial charge in [-0.2, -0.15) is 0 Å². The highest BCUT2D eigenvalue weighted by atomic mass is 14.9. The lowest BCUT2D eigenvalue weighted by atomic mass is 10.1. The van der Waals surface area contributed by atoms with Crippen LogP contribution >= 0.6 is 0 Å². The average Bonchev–Trinajstić information content (AvgIpc) is 2.64. The van der Waals surface area contributed by atoms with Crippen LogP contribution in [0.3, 0.4) is 0 Å². The highest BCUT2D eigenvalue weighted by Gasteiger charge is 2.08. The Morgan fingerprint density at radius 1 is 0.417 bits per heavy atom. The molecule has 3 aromatic rings. The number of anilines is 3. The van der Waals surface area contributed by atoms with Gasteiger partial charge in [-0.1, -0.05) is 54.6 Å². The molecule has 0 bridgehead atoms. The van der Waals surface area contributed by atoms with Crippen LogP contribution in [0.5, 0.6) is 0 Å². The van der Waals surface area contributed by atoms with E-state index in [9.17, 15) is 0 Å². The van der Waals surface area contributed by atoms with Crippen molar-refractivity contribution >= 4 is 17.1 Å². The smallest absolute Gasteiger partial charge is 0.0421 e. The first-order chi connectivity index (χ1) is 11.9. The minimum atomic E-state index is 0.807. The molecule has 0 radical (unpaired) electrons. The monoisotopic (exact) mass is 315 g/mol. The van der Waals surface area contributed by atoms with Crippen LogP contribution in [-0.2, 0) is 19.6 Å². The highest BCUT2D eigenvalue weighted by molar-refractivity contribution is 5.60. The lowest BCUT2D eigenvalue weighted by Crippen LogP contribution is -2.12. The van der Waals surface area contributed by atoms with Gasteiger partial charge >= 0.3 is 0 Å². The number of benzene rings is 3. The first-order valence-corrected chi connectivity index (χ1v) is 8.35. The second kappa shape index (κ2) is 6.67. The summed E-state index contributed by atoms with van der Waals surface area (Å²) in [7, 11) is 0. The molecule has 0 saturated heterocycles. The van der Waals surface area contributed by atoms with Crippen molar-refractivity contribution in [3.63, 3.8) is 0 Å². The average molecular weight is 315 g/mol. The van der Waals surface area contributed by atoms with E-state index in [0.717, 1.165) is 19.6 Å². The fourth-order valence-electron chi connectivity index (χ4n) is 3.11. The van der Waals surface area contributed by atoms with Crippen molar-refractivity contribution in [2.24, 2.45) is 0 Å². The molecular formula is C21H21N3. The van der Waals surface area contributed by atoms with Crippen LogP contribution < -0.4 is 16.0 Å². The maximum absolute atomic E-state index is 3.58. The van der Waals surface area contributed by atoms with E-state index in [0.29, 0.717) is 0 Å². The number of para-hydroxylation sites is 3. The van der Waals surface area contributed by atoms with Gasteiger partial charge in [-0.25, -0.2) is 0 Å². The van der Waals surface area contributed by atoms with Crippen molar-refractivity contribution in [1.82, 2.24) is 0 Å². The summed E-state index contributed by atoms with van der Waals surface area (Å²) in [6, 6.07) is 25.5. The maximum atomic E-state index is 3.58. The van der Waals surface area contributed by atoms with Gasteiger partial charge in [-0.15, -0.1) is 0 Å². The van der Waals surface area contributed by atoms with E-state index in [1.165, 1.54) is 33.8 Å². The van der Waals surface area contributed by atoms with Crippen molar-refractivity contribution in [3.8, 4) is 0 Å². The number of rotatable bonds is 0. The highest BCUT2D eigenvalue weighted by Crippen LogP contribution is 2.24. The molecule has 3 heteroatoms. The molecule has 0 spiro atoms. The van der Waals surface area contributed by atoms with E-state index in [1.807, 2.05) is 0 Å². The summed E-state index contributed by atoms with van der Waals surface area (Å²) in [5.41, 5.74) is 7.36. The lowest BCUT2D eigenvalue weighted by molar-refractivity contribution is 1.05. The quantitative estimate of drug-likeness (QED) is 0.556. The van der Waals surface area contributed by atoms with E-state index >= 15 is 0 Å². The third-order valence-electron chi connectivity index (χ3n) is 4.46. The summed E-state index contributed by atoms with van der Waals surface area (Å²) >= 11 is 0. The topological polar surface area (TPSA) is 36.1 Å². The Bertz CT molecular complexity index is 660. The number of nitrogens with one attached hydrogen (secondary N) is 3. The van der Waals surface area contributed by atoms with E-state index in [1.54, 1.807) is 0 Å². The Hall–Kier alpha value is -2.94. The van der Waals surface area contributed by atoms with Crippen molar-refractivity contribution in [2.45, 2.75) is 19.6 Å². The van der Waals surface area contributed by atoms with Gasteiger partial charge in [0.05, 0.1) is 0 Å². The molecule has 0 saturated carbocycles. The zero-order chi connectivity index (χ0) is 16.2. The van der Waals surface area contributed by atoms with Gasteiger partial charge in [0.15, 0.2) is 0 Å². The van der Waals surface area contributed by atoms with E-state index in [-0.39, 0.29) is 0 Å². The molecule has 120 valence electrons. The van der Waals surface area contributed by atoms with Crippen LogP contribution in [0.4, 0.5) is 17.1 Å². The molecule has 0 aliphatic carbocycles. The fourth-order valence-corrected chi connectivity index (χ4v) is 3.11. The third kappa shape index (κ3) is 3.06. The normalized spacial score (nSPS) is 13.5. The molecule has 1 aliphatic rings. The van der Waals surface area contributed by atoms with E-state index < -0.39 is 0 Å². The zero-order valence-electron chi connectivity index (χ0n) is 13.5. The number of fused-ring (bicyclic) bond motifs is 3. The molecule has 3 nitrogen and oxygen atoms in total. The van der Waals surface area contributed by atoms with Gasteiger partial charge in [0.1, 0.15) is 0 Å². The Balaban J connectivity index is 1.75. The van der Waals surface area contributed by atoms with Gasteiger partial charge < -0.3 is 16.0 Å². The summed E-state index contributed by atoms with van der Waals surface area (Å²) in [5.74, 6) is 0. The van der Waals surface area contributed by atoms with Gasteiger partial charge in [0.2, 0.25) is 0 Å². The van der Waals surface area contributed by atoms with Gasteiger partial charge in [-0.05, 0) is 34.9 Å². The molecule has 0 fully saturated rings. The molecule has 0 amide bonds. The van der Waals surface area contributed by atoms with Gasteiger partial charge in [-0.3, -0.25) is 0 Å². The molecule has 0 atom stereocenters. The molecule has 0 unspecified atom stereocenters. The van der Waals surface area contributed by atoms with Crippen molar-refractivity contribution in [1.29, 1.82) is 0 Å². The molecule has 3 N–H and O–H groups in total. The minimum absolute atomic E-state index is 0.807. The van der Waals surface area contributed by atoms with E-state index in [4.69, 9.17) is 0 Å². The molecule has 3 aromatic carbocycles. The van der Waals surface area contributed by atoms with Crippen LogP contribution in [0.1, 0.15) is 16.7 Å².